The van der Waals surface area contributed by atoms with Crippen LogP contribution in [0.1, 0.15) is 22.6 Å². The molecule has 0 radical (unpaired) electrons. The molecular formula is C45H30N2. The molecule has 2 nitrogen and oxygen atoms in total. The maximum Gasteiger partial charge on any atom is 0.0358 e. The lowest BCUT2D eigenvalue weighted by Gasteiger charge is -2.18. The van der Waals surface area contributed by atoms with Crippen molar-refractivity contribution < 1.29 is 0 Å². The Hall–Kier alpha value is -6.12. The predicted octanol–water partition coefficient (Wildman–Crippen LogP) is 11.5. The van der Waals surface area contributed by atoms with E-state index < -0.39 is 0 Å². The number of rotatable bonds is 5. The van der Waals surface area contributed by atoms with E-state index in [1.165, 1.54) is 83.1 Å². The molecule has 0 saturated carbocycles. The molecule has 2 heteroatoms. The average Bonchev–Trinajstić information content (AvgIpc) is 3.50. The topological polar surface area (TPSA) is 25.8 Å². The lowest BCUT2D eigenvalue weighted by atomic mass is 9.85. The van der Waals surface area contributed by atoms with Gasteiger partial charge in [0.1, 0.15) is 0 Å². The molecule has 0 bridgehead atoms. The smallest absolute Gasteiger partial charge is 0.0358 e. The normalized spacial score (nSPS) is 13.3. The van der Waals surface area contributed by atoms with Crippen molar-refractivity contribution in [2.45, 2.75) is 5.92 Å². The molecule has 8 aromatic rings. The summed E-state index contributed by atoms with van der Waals surface area (Å²) in [6, 6.07) is 55.5. The lowest BCUT2D eigenvalue weighted by Crippen LogP contribution is -2.00. The van der Waals surface area contributed by atoms with Crippen molar-refractivity contribution in [3.8, 4) is 55.6 Å². The number of nitrogens with zero attached hydrogens (tertiary/aromatic N) is 2. The van der Waals surface area contributed by atoms with Crippen LogP contribution >= 0.6 is 0 Å². The Bertz CT molecular complexity index is 2360. The fraction of sp³-hybridized carbons (Fsp3) is 0.0222. The first-order valence-electron chi connectivity index (χ1n) is 16.1. The molecule has 9 rings (SSSR count). The molecule has 0 N–H and O–H groups in total. The second-order valence-electron chi connectivity index (χ2n) is 12.2. The van der Waals surface area contributed by atoms with E-state index in [-0.39, 0.29) is 5.92 Å². The molecule has 1 unspecified atom stereocenters. The van der Waals surface area contributed by atoms with Gasteiger partial charge >= 0.3 is 0 Å². The van der Waals surface area contributed by atoms with E-state index in [0.717, 1.165) is 0 Å². The van der Waals surface area contributed by atoms with Gasteiger partial charge in [-0.15, -0.1) is 0 Å². The molecule has 0 aliphatic heterocycles. The largest absolute Gasteiger partial charge is 0.265 e. The van der Waals surface area contributed by atoms with Crippen molar-refractivity contribution in [2.75, 3.05) is 0 Å². The zero-order chi connectivity index (χ0) is 31.2. The standard InChI is InChI=1S/C45H30N2/c1-2-4-36(5-3-1)44-43-29-38(33-12-8-31(9-13-33)35-22-26-47-27-23-35)15-18-41(43)42-19-16-39-28-37(14-17-40(39)45(42)44)32-10-6-30(7-11-32)34-20-24-46-25-21-34/h1-29,44H. The fourth-order valence-corrected chi connectivity index (χ4v) is 7.25. The first kappa shape index (κ1) is 27.2. The van der Waals surface area contributed by atoms with Gasteiger partial charge in [-0.1, -0.05) is 115 Å². The number of pyridine rings is 2. The van der Waals surface area contributed by atoms with E-state index in [2.05, 4.69) is 162 Å². The minimum absolute atomic E-state index is 0.159. The van der Waals surface area contributed by atoms with Gasteiger partial charge in [-0.2, -0.15) is 0 Å². The molecule has 6 aromatic carbocycles. The molecule has 1 atom stereocenters. The summed E-state index contributed by atoms with van der Waals surface area (Å²) in [7, 11) is 0. The Morgan fingerprint density at radius 1 is 0.362 bits per heavy atom. The summed E-state index contributed by atoms with van der Waals surface area (Å²) in [6.45, 7) is 0. The van der Waals surface area contributed by atoms with Crippen LogP contribution in [0.25, 0.3) is 66.4 Å². The lowest BCUT2D eigenvalue weighted by molar-refractivity contribution is 1.03. The van der Waals surface area contributed by atoms with Crippen LogP contribution in [0.3, 0.4) is 0 Å². The van der Waals surface area contributed by atoms with Crippen molar-refractivity contribution in [1.29, 1.82) is 0 Å². The third-order valence-corrected chi connectivity index (χ3v) is 9.60. The van der Waals surface area contributed by atoms with Crippen molar-refractivity contribution in [3.05, 3.63) is 193 Å². The van der Waals surface area contributed by atoms with Crippen LogP contribution in [0, 0.1) is 0 Å². The number of aromatic nitrogens is 2. The van der Waals surface area contributed by atoms with Gasteiger partial charge in [0, 0.05) is 30.7 Å². The summed E-state index contributed by atoms with van der Waals surface area (Å²) < 4.78 is 0. The highest BCUT2D eigenvalue weighted by Crippen LogP contribution is 2.52. The van der Waals surface area contributed by atoms with Crippen molar-refractivity contribution in [2.24, 2.45) is 0 Å². The number of hydrogen-bond donors (Lipinski definition) is 0. The Balaban J connectivity index is 1.12. The van der Waals surface area contributed by atoms with E-state index in [0.29, 0.717) is 0 Å². The molecule has 0 amide bonds. The Kier molecular flexibility index (Phi) is 6.57. The minimum Gasteiger partial charge on any atom is -0.265 e. The molecule has 1 aliphatic carbocycles. The average molecular weight is 599 g/mol. The van der Waals surface area contributed by atoms with Crippen molar-refractivity contribution in [1.82, 2.24) is 9.97 Å². The Labute approximate surface area is 274 Å². The van der Waals surface area contributed by atoms with Gasteiger partial charge in [0.2, 0.25) is 0 Å². The van der Waals surface area contributed by atoms with Gasteiger partial charge in [0.25, 0.3) is 0 Å². The fourth-order valence-electron chi connectivity index (χ4n) is 7.25. The van der Waals surface area contributed by atoms with Gasteiger partial charge < -0.3 is 0 Å². The molecule has 0 spiro atoms. The third-order valence-electron chi connectivity index (χ3n) is 9.60. The summed E-state index contributed by atoms with van der Waals surface area (Å²) in [6.07, 6.45) is 7.37. The second kappa shape index (κ2) is 11.3. The monoisotopic (exact) mass is 598 g/mol. The maximum absolute atomic E-state index is 4.17. The molecule has 2 heterocycles. The maximum atomic E-state index is 4.17. The summed E-state index contributed by atoms with van der Waals surface area (Å²) in [4.78, 5) is 8.32. The van der Waals surface area contributed by atoms with Crippen LogP contribution in [0.4, 0.5) is 0 Å². The quantitative estimate of drug-likeness (QED) is 0.197. The van der Waals surface area contributed by atoms with Crippen LogP contribution in [0.2, 0.25) is 0 Å². The Morgan fingerprint density at radius 2 is 0.830 bits per heavy atom. The summed E-state index contributed by atoms with van der Waals surface area (Å²) >= 11 is 0. The van der Waals surface area contributed by atoms with Crippen molar-refractivity contribution >= 4 is 10.8 Å². The molecule has 47 heavy (non-hydrogen) atoms. The number of fused-ring (bicyclic) bond motifs is 5. The summed E-state index contributed by atoms with van der Waals surface area (Å²) in [5.74, 6) is 0.159. The van der Waals surface area contributed by atoms with Crippen LogP contribution in [-0.4, -0.2) is 9.97 Å². The first-order chi connectivity index (χ1) is 23.3. The second-order valence-corrected chi connectivity index (χ2v) is 12.2. The SMILES string of the molecule is c1ccc(C2c3cc(-c4ccc(-c5ccncc5)cc4)ccc3-c3ccc4cc(-c5ccc(-c6ccncc6)cc5)ccc4c32)cc1. The van der Waals surface area contributed by atoms with Crippen LogP contribution in [0.15, 0.2) is 176 Å². The van der Waals surface area contributed by atoms with Gasteiger partial charge in [-0.3, -0.25) is 9.97 Å². The molecule has 220 valence electrons. The van der Waals surface area contributed by atoms with E-state index in [4.69, 9.17) is 0 Å². The molecule has 0 saturated heterocycles. The highest BCUT2D eigenvalue weighted by atomic mass is 14.6. The van der Waals surface area contributed by atoms with Crippen LogP contribution < -0.4 is 0 Å². The van der Waals surface area contributed by atoms with Gasteiger partial charge in [0.15, 0.2) is 0 Å². The van der Waals surface area contributed by atoms with E-state index in [1.807, 2.05) is 24.8 Å². The van der Waals surface area contributed by atoms with Gasteiger partial charge in [-0.25, -0.2) is 0 Å². The van der Waals surface area contributed by atoms with E-state index >= 15 is 0 Å². The highest BCUT2D eigenvalue weighted by molar-refractivity contribution is 5.99. The van der Waals surface area contributed by atoms with E-state index in [1.54, 1.807) is 0 Å². The van der Waals surface area contributed by atoms with Crippen molar-refractivity contribution in [3.63, 3.8) is 0 Å². The highest BCUT2D eigenvalue weighted by Gasteiger charge is 2.32. The van der Waals surface area contributed by atoms with Crippen LogP contribution in [-0.2, 0) is 0 Å². The van der Waals surface area contributed by atoms with Gasteiger partial charge in [0.05, 0.1) is 0 Å². The zero-order valence-electron chi connectivity index (χ0n) is 25.7. The molecular weight excluding hydrogens is 569 g/mol. The predicted molar refractivity (Wildman–Crippen MR) is 194 cm³/mol. The Morgan fingerprint density at radius 3 is 1.43 bits per heavy atom. The number of hydrogen-bond acceptors (Lipinski definition) is 2. The minimum atomic E-state index is 0.159. The number of benzene rings is 6. The molecule has 2 aromatic heterocycles. The zero-order valence-corrected chi connectivity index (χ0v) is 25.7. The van der Waals surface area contributed by atoms with E-state index in [9.17, 15) is 0 Å². The molecule has 1 aliphatic rings. The summed E-state index contributed by atoms with van der Waals surface area (Å²) in [5, 5.41) is 2.58. The third kappa shape index (κ3) is 4.83. The van der Waals surface area contributed by atoms with Crippen LogP contribution in [0.5, 0.6) is 0 Å². The van der Waals surface area contributed by atoms with Gasteiger partial charge in [-0.05, 0) is 119 Å². The molecule has 0 fully saturated rings. The first-order valence-corrected chi connectivity index (χ1v) is 16.1. The summed E-state index contributed by atoms with van der Waals surface area (Å²) in [5.41, 5.74) is 16.4.